The molecule has 0 spiro atoms. The highest BCUT2D eigenvalue weighted by molar-refractivity contribution is 5.45. The van der Waals surface area contributed by atoms with Gasteiger partial charge in [0.1, 0.15) is 30.5 Å². The lowest BCUT2D eigenvalue weighted by atomic mass is 9.92. The lowest BCUT2D eigenvalue weighted by molar-refractivity contribution is -0.177. The molecule has 2 unspecified atom stereocenters. The van der Waals surface area contributed by atoms with Crippen LogP contribution in [0.4, 0.5) is 5.69 Å². The number of nitrogens with two attached hydrogens (primary N) is 1. The molecule has 0 aliphatic carbocycles. The number of aromatic nitrogens is 2. The Labute approximate surface area is 165 Å². The molecule has 1 aliphatic rings. The smallest absolute Gasteiger partial charge is 0.240 e. The summed E-state index contributed by atoms with van der Waals surface area (Å²) in [4.78, 5) is 8.21. The van der Waals surface area contributed by atoms with Gasteiger partial charge in [-0.1, -0.05) is 24.8 Å². The molecular formula is C21H27N3O4. The van der Waals surface area contributed by atoms with Crippen molar-refractivity contribution in [3.05, 3.63) is 54.5 Å². The quantitative estimate of drug-likeness (QED) is 0.523. The van der Waals surface area contributed by atoms with Gasteiger partial charge in [0, 0.05) is 12.5 Å². The van der Waals surface area contributed by atoms with E-state index in [1.807, 2.05) is 12.1 Å². The summed E-state index contributed by atoms with van der Waals surface area (Å²) in [5.41, 5.74) is 7.41. The van der Waals surface area contributed by atoms with Crippen LogP contribution in [0.3, 0.4) is 0 Å². The molecule has 0 bridgehead atoms. The number of nitrogens with zero attached hydrogens (tertiary/aromatic N) is 2. The number of rotatable bonds is 9. The predicted molar refractivity (Wildman–Crippen MR) is 106 cm³/mol. The zero-order valence-electron chi connectivity index (χ0n) is 16.2. The summed E-state index contributed by atoms with van der Waals surface area (Å²) in [6.45, 7) is 7.35. The van der Waals surface area contributed by atoms with Crippen LogP contribution >= 0.6 is 0 Å². The van der Waals surface area contributed by atoms with Crippen LogP contribution in [0, 0.1) is 6.92 Å². The van der Waals surface area contributed by atoms with Gasteiger partial charge >= 0.3 is 0 Å². The number of aryl methyl sites for hydroxylation is 1. The van der Waals surface area contributed by atoms with Crippen LogP contribution in [0.25, 0.3) is 0 Å². The van der Waals surface area contributed by atoms with Crippen LogP contribution in [0.1, 0.15) is 30.1 Å². The molecule has 1 fully saturated rings. The summed E-state index contributed by atoms with van der Waals surface area (Å²) in [7, 11) is 0. The first kappa shape index (κ1) is 20.1. The maximum atomic E-state index is 5.96. The van der Waals surface area contributed by atoms with Crippen molar-refractivity contribution in [2.24, 2.45) is 0 Å². The van der Waals surface area contributed by atoms with E-state index in [2.05, 4.69) is 28.7 Å². The molecule has 0 amide bonds. The van der Waals surface area contributed by atoms with Crippen LogP contribution in [0.5, 0.6) is 11.6 Å². The van der Waals surface area contributed by atoms with Gasteiger partial charge in [-0.15, -0.1) is 0 Å². The van der Waals surface area contributed by atoms with Gasteiger partial charge in [-0.05, 0) is 37.5 Å². The van der Waals surface area contributed by atoms with Gasteiger partial charge in [0.2, 0.25) is 5.88 Å². The number of anilines is 1. The largest absolute Gasteiger partial charge is 0.490 e. The molecule has 0 saturated carbocycles. The zero-order valence-corrected chi connectivity index (χ0v) is 16.2. The molecule has 1 saturated heterocycles. The summed E-state index contributed by atoms with van der Waals surface area (Å²) < 4.78 is 23.0. The summed E-state index contributed by atoms with van der Waals surface area (Å²) in [6.07, 6.45) is 4.98. The van der Waals surface area contributed by atoms with Crippen LogP contribution in [-0.2, 0) is 9.47 Å². The van der Waals surface area contributed by atoms with E-state index in [1.54, 1.807) is 19.2 Å². The van der Waals surface area contributed by atoms with E-state index in [-0.39, 0.29) is 12.2 Å². The molecule has 1 aliphatic heterocycles. The Morgan fingerprint density at radius 3 is 2.86 bits per heavy atom. The Bertz CT molecular complexity index is 767. The minimum atomic E-state index is -0.304. The molecule has 3 rings (SSSR count). The third-order valence-electron chi connectivity index (χ3n) is 4.45. The first-order valence-corrected chi connectivity index (χ1v) is 9.46. The summed E-state index contributed by atoms with van der Waals surface area (Å²) in [6, 6.07) is 8.06. The molecule has 2 atom stereocenters. The van der Waals surface area contributed by atoms with Crippen molar-refractivity contribution < 1.29 is 18.9 Å². The Morgan fingerprint density at radius 2 is 2.07 bits per heavy atom. The van der Waals surface area contributed by atoms with Crippen molar-refractivity contribution in [3.8, 4) is 11.6 Å². The summed E-state index contributed by atoms with van der Waals surface area (Å²) >= 11 is 0. The predicted octanol–water partition coefficient (Wildman–Crippen LogP) is 3.25. The molecule has 1 aromatic carbocycles. The monoisotopic (exact) mass is 385 g/mol. The molecule has 2 heterocycles. The zero-order chi connectivity index (χ0) is 19.8. The normalized spacial score (nSPS) is 19.2. The van der Waals surface area contributed by atoms with Gasteiger partial charge < -0.3 is 24.7 Å². The van der Waals surface area contributed by atoms with Crippen molar-refractivity contribution in [2.45, 2.75) is 32.0 Å². The van der Waals surface area contributed by atoms with Gasteiger partial charge in [-0.3, -0.25) is 0 Å². The van der Waals surface area contributed by atoms with E-state index in [9.17, 15) is 0 Å². The Kier molecular flexibility index (Phi) is 7.22. The van der Waals surface area contributed by atoms with Crippen molar-refractivity contribution in [1.82, 2.24) is 9.97 Å². The average Bonchev–Trinajstić information content (AvgIpc) is 2.73. The van der Waals surface area contributed by atoms with Crippen molar-refractivity contribution in [2.75, 3.05) is 32.2 Å². The van der Waals surface area contributed by atoms with E-state index in [1.165, 1.54) is 5.56 Å². The Morgan fingerprint density at radius 1 is 1.25 bits per heavy atom. The van der Waals surface area contributed by atoms with Crippen molar-refractivity contribution in [1.29, 1.82) is 0 Å². The number of hydrogen-bond acceptors (Lipinski definition) is 7. The third kappa shape index (κ3) is 5.43. The number of nitrogen functional groups attached to an aromatic ring is 1. The van der Waals surface area contributed by atoms with Crippen molar-refractivity contribution >= 4 is 5.69 Å². The Balaban J connectivity index is 1.53. The summed E-state index contributed by atoms with van der Waals surface area (Å²) in [5, 5.41) is 0. The standard InChI is InChI=1S/C21H27N3O4/c1-3-10-25-17-8-6-16(7-9-17)18-5-4-11-27-21(18)28-13-12-26-20-19(22)14-23-15(2)24-20/h3,6-9,14,18,21H,1,4-5,10-13,22H2,2H3. The number of hydrogen-bond donors (Lipinski definition) is 1. The molecule has 150 valence electrons. The van der Waals surface area contributed by atoms with Crippen LogP contribution < -0.4 is 15.2 Å². The molecule has 0 radical (unpaired) electrons. The van der Waals surface area contributed by atoms with Crippen LogP contribution in [-0.4, -0.2) is 42.7 Å². The van der Waals surface area contributed by atoms with Crippen LogP contribution in [0.2, 0.25) is 0 Å². The maximum Gasteiger partial charge on any atom is 0.240 e. The van der Waals surface area contributed by atoms with Gasteiger partial charge in [0.15, 0.2) is 6.29 Å². The lowest BCUT2D eigenvalue weighted by Gasteiger charge is -2.32. The lowest BCUT2D eigenvalue weighted by Crippen LogP contribution is -2.31. The minimum Gasteiger partial charge on any atom is -0.490 e. The van der Waals surface area contributed by atoms with Gasteiger partial charge in [0.25, 0.3) is 0 Å². The molecule has 28 heavy (non-hydrogen) atoms. The molecule has 7 nitrogen and oxygen atoms in total. The highest BCUT2D eigenvalue weighted by atomic mass is 16.7. The third-order valence-corrected chi connectivity index (χ3v) is 4.45. The molecule has 2 aromatic rings. The van der Waals surface area contributed by atoms with Gasteiger partial charge in [-0.25, -0.2) is 4.98 Å². The van der Waals surface area contributed by atoms with Crippen molar-refractivity contribution in [3.63, 3.8) is 0 Å². The second-order valence-corrected chi connectivity index (χ2v) is 6.55. The molecule has 7 heteroatoms. The molecule has 2 N–H and O–H groups in total. The first-order valence-electron chi connectivity index (χ1n) is 9.46. The number of ether oxygens (including phenoxy) is 4. The topological polar surface area (TPSA) is 88.7 Å². The van der Waals surface area contributed by atoms with Gasteiger partial charge in [0.05, 0.1) is 12.8 Å². The van der Waals surface area contributed by atoms with E-state index in [4.69, 9.17) is 24.7 Å². The Hall–Kier alpha value is -2.64. The second kappa shape index (κ2) is 10.1. The first-order chi connectivity index (χ1) is 13.7. The summed E-state index contributed by atoms with van der Waals surface area (Å²) in [5.74, 6) is 1.99. The second-order valence-electron chi connectivity index (χ2n) is 6.55. The van der Waals surface area contributed by atoms with E-state index >= 15 is 0 Å². The fraction of sp³-hybridized carbons (Fsp3) is 0.429. The molecule has 1 aromatic heterocycles. The van der Waals surface area contributed by atoms with E-state index in [0.717, 1.165) is 18.6 Å². The fourth-order valence-electron chi connectivity index (χ4n) is 3.09. The highest BCUT2D eigenvalue weighted by Crippen LogP contribution is 2.32. The molecular weight excluding hydrogens is 358 g/mol. The van der Waals surface area contributed by atoms with Crippen LogP contribution in [0.15, 0.2) is 43.1 Å². The average molecular weight is 385 g/mol. The van der Waals surface area contributed by atoms with E-state index < -0.39 is 0 Å². The number of benzene rings is 1. The maximum absolute atomic E-state index is 5.96. The SMILES string of the molecule is C=CCOc1ccc(C2CCCOC2OCCOc2nc(C)ncc2N)cc1. The highest BCUT2D eigenvalue weighted by Gasteiger charge is 2.28. The van der Waals surface area contributed by atoms with E-state index in [0.29, 0.717) is 43.8 Å². The van der Waals surface area contributed by atoms with Gasteiger partial charge in [-0.2, -0.15) is 4.98 Å². The minimum absolute atomic E-state index is 0.175. The fourth-order valence-corrected chi connectivity index (χ4v) is 3.09.